The van der Waals surface area contributed by atoms with Gasteiger partial charge in [-0.05, 0) is 35.1 Å². The lowest BCUT2D eigenvalue weighted by Gasteiger charge is -2.27. The standard InChI is InChI=1S/C18H16N2O6S2/c21-14(22)11-19-16(24)18(17(25)26,28-27-13-9-5-2-6-10-13)20-15(23)12-7-3-1-4-8-12/h1-10H,11H2,(H,19,24)(H,20,23)(H,21,22)(H,25,26). The van der Waals surface area contributed by atoms with Crippen LogP contribution in [-0.2, 0) is 14.4 Å². The number of nitrogens with one attached hydrogen (secondary N) is 2. The van der Waals surface area contributed by atoms with E-state index in [1.165, 1.54) is 12.1 Å². The summed E-state index contributed by atoms with van der Waals surface area (Å²) in [4.78, 5) is 46.1. The van der Waals surface area contributed by atoms with Crippen molar-refractivity contribution in [3.8, 4) is 0 Å². The van der Waals surface area contributed by atoms with Crippen molar-refractivity contribution in [2.24, 2.45) is 0 Å². The monoisotopic (exact) mass is 420 g/mol. The van der Waals surface area contributed by atoms with E-state index in [1.807, 2.05) is 5.32 Å². The van der Waals surface area contributed by atoms with E-state index in [0.717, 1.165) is 10.8 Å². The second kappa shape index (κ2) is 9.81. The van der Waals surface area contributed by atoms with Crippen molar-refractivity contribution in [2.45, 2.75) is 9.77 Å². The molecule has 2 aromatic carbocycles. The molecule has 2 amide bonds. The van der Waals surface area contributed by atoms with Crippen LogP contribution in [0.3, 0.4) is 0 Å². The van der Waals surface area contributed by atoms with Gasteiger partial charge in [-0.1, -0.05) is 47.2 Å². The summed E-state index contributed by atoms with van der Waals surface area (Å²) in [6.07, 6.45) is 0. The predicted molar refractivity (Wildman–Crippen MR) is 105 cm³/mol. The molecule has 0 aliphatic carbocycles. The lowest BCUT2D eigenvalue weighted by atomic mass is 10.2. The fourth-order valence-corrected chi connectivity index (χ4v) is 4.40. The maximum absolute atomic E-state index is 12.6. The van der Waals surface area contributed by atoms with Gasteiger partial charge in [0.2, 0.25) is 0 Å². The Kier molecular flexibility index (Phi) is 7.47. The van der Waals surface area contributed by atoms with Crippen LogP contribution in [0.15, 0.2) is 65.6 Å². The van der Waals surface area contributed by atoms with Crippen LogP contribution in [0.2, 0.25) is 0 Å². The first-order valence-corrected chi connectivity index (χ1v) is 10.0. The molecule has 1 unspecified atom stereocenters. The normalized spacial score (nSPS) is 12.4. The number of carboxylic acid groups (broad SMARTS) is 2. The van der Waals surface area contributed by atoms with Crippen molar-refractivity contribution in [1.82, 2.24) is 10.6 Å². The number of carbonyl (C=O) groups is 4. The van der Waals surface area contributed by atoms with Gasteiger partial charge in [-0.2, -0.15) is 0 Å². The van der Waals surface area contributed by atoms with Crippen LogP contribution in [0.25, 0.3) is 0 Å². The first kappa shape index (κ1) is 21.3. The van der Waals surface area contributed by atoms with Gasteiger partial charge < -0.3 is 20.8 Å². The quantitative estimate of drug-likeness (QED) is 0.274. The Morgan fingerprint density at radius 1 is 0.893 bits per heavy atom. The minimum Gasteiger partial charge on any atom is -0.480 e. The van der Waals surface area contributed by atoms with E-state index in [-0.39, 0.29) is 5.56 Å². The molecule has 1 atom stereocenters. The summed E-state index contributed by atoms with van der Waals surface area (Å²) in [5.41, 5.74) is 0.157. The molecular weight excluding hydrogens is 404 g/mol. The molecule has 0 spiro atoms. The summed E-state index contributed by atoms with van der Waals surface area (Å²) in [7, 11) is 1.56. The maximum Gasteiger partial charge on any atom is 0.351 e. The molecule has 2 aromatic rings. The van der Waals surface area contributed by atoms with Gasteiger partial charge in [-0.25, -0.2) is 4.79 Å². The molecule has 28 heavy (non-hydrogen) atoms. The first-order valence-electron chi connectivity index (χ1n) is 7.87. The van der Waals surface area contributed by atoms with Crippen LogP contribution in [0.4, 0.5) is 0 Å². The highest BCUT2D eigenvalue weighted by Crippen LogP contribution is 2.40. The molecule has 0 aromatic heterocycles. The average molecular weight is 420 g/mol. The average Bonchev–Trinajstić information content (AvgIpc) is 2.70. The van der Waals surface area contributed by atoms with Gasteiger partial charge in [0.25, 0.3) is 16.7 Å². The summed E-state index contributed by atoms with van der Waals surface area (Å²) in [5, 5.41) is 22.8. The highest BCUT2D eigenvalue weighted by atomic mass is 33.1. The summed E-state index contributed by atoms with van der Waals surface area (Å²) >= 11 is 0. The van der Waals surface area contributed by atoms with Crippen molar-refractivity contribution in [2.75, 3.05) is 6.54 Å². The highest BCUT2D eigenvalue weighted by molar-refractivity contribution is 8.77. The van der Waals surface area contributed by atoms with Crippen LogP contribution < -0.4 is 10.6 Å². The van der Waals surface area contributed by atoms with E-state index in [0.29, 0.717) is 15.7 Å². The van der Waals surface area contributed by atoms with Crippen LogP contribution >= 0.6 is 21.6 Å². The van der Waals surface area contributed by atoms with E-state index < -0.39 is 35.2 Å². The zero-order chi connectivity index (χ0) is 20.6. The van der Waals surface area contributed by atoms with E-state index in [4.69, 9.17) is 5.11 Å². The Morgan fingerprint density at radius 2 is 1.46 bits per heavy atom. The maximum atomic E-state index is 12.6. The largest absolute Gasteiger partial charge is 0.480 e. The Balaban J connectivity index is 2.32. The minimum absolute atomic E-state index is 0.157. The number of hydrogen-bond acceptors (Lipinski definition) is 6. The third-order valence-corrected chi connectivity index (χ3v) is 6.19. The number of carbonyl (C=O) groups excluding carboxylic acids is 2. The van der Waals surface area contributed by atoms with E-state index in [1.54, 1.807) is 48.5 Å². The van der Waals surface area contributed by atoms with Crippen molar-refractivity contribution >= 4 is 45.3 Å². The SMILES string of the molecule is O=C(O)CNC(=O)C(NC(=O)c1ccccc1)(SSc1ccccc1)C(=O)O. The van der Waals surface area contributed by atoms with Gasteiger partial charge in [0.15, 0.2) is 0 Å². The van der Waals surface area contributed by atoms with Crippen LogP contribution in [-0.4, -0.2) is 45.4 Å². The molecule has 0 aliphatic rings. The number of hydrogen-bond donors (Lipinski definition) is 4. The Bertz CT molecular complexity index is 863. The summed E-state index contributed by atoms with van der Waals surface area (Å²) in [6, 6.07) is 16.4. The number of rotatable bonds is 9. The lowest BCUT2D eigenvalue weighted by Crippen LogP contribution is -2.61. The van der Waals surface area contributed by atoms with Gasteiger partial charge in [0.1, 0.15) is 6.54 Å². The van der Waals surface area contributed by atoms with E-state index in [9.17, 15) is 24.3 Å². The number of carboxylic acids is 2. The van der Waals surface area contributed by atoms with Gasteiger partial charge in [-0.15, -0.1) is 0 Å². The van der Waals surface area contributed by atoms with Crippen LogP contribution in [0.1, 0.15) is 10.4 Å². The van der Waals surface area contributed by atoms with Crippen molar-refractivity contribution in [3.05, 3.63) is 66.2 Å². The topological polar surface area (TPSA) is 133 Å². The summed E-state index contributed by atoms with van der Waals surface area (Å²) in [6.45, 7) is -0.786. The number of aliphatic carboxylic acids is 2. The number of amides is 2. The molecule has 146 valence electrons. The van der Waals surface area contributed by atoms with Crippen molar-refractivity contribution in [1.29, 1.82) is 0 Å². The fraction of sp³-hybridized carbons (Fsp3) is 0.111. The Morgan fingerprint density at radius 3 is 2.00 bits per heavy atom. The first-order chi connectivity index (χ1) is 13.3. The van der Waals surface area contributed by atoms with Gasteiger partial charge in [0.05, 0.1) is 0 Å². The Labute approximate surface area is 168 Å². The van der Waals surface area contributed by atoms with Gasteiger partial charge in [0, 0.05) is 10.5 Å². The smallest absolute Gasteiger partial charge is 0.351 e. The lowest BCUT2D eigenvalue weighted by molar-refractivity contribution is -0.147. The second-order valence-electron chi connectivity index (χ2n) is 5.36. The van der Waals surface area contributed by atoms with Gasteiger partial charge >= 0.3 is 11.9 Å². The molecule has 0 aliphatic heterocycles. The third kappa shape index (κ3) is 5.51. The molecule has 8 nitrogen and oxygen atoms in total. The molecule has 0 radical (unpaired) electrons. The highest BCUT2D eigenvalue weighted by Gasteiger charge is 2.49. The third-order valence-electron chi connectivity index (χ3n) is 3.35. The molecule has 0 heterocycles. The summed E-state index contributed by atoms with van der Waals surface area (Å²) < 4.78 is 0. The molecule has 4 N–H and O–H groups in total. The predicted octanol–water partition coefficient (Wildman–Crippen LogP) is 1.84. The second-order valence-corrected chi connectivity index (χ2v) is 7.78. The fourth-order valence-electron chi connectivity index (χ4n) is 1.99. The molecule has 10 heteroatoms. The van der Waals surface area contributed by atoms with Gasteiger partial charge in [-0.3, -0.25) is 14.4 Å². The molecular formula is C18H16N2O6S2. The molecule has 0 bridgehead atoms. The molecule has 2 rings (SSSR count). The molecule has 0 saturated heterocycles. The van der Waals surface area contributed by atoms with E-state index >= 15 is 0 Å². The van der Waals surface area contributed by atoms with Crippen molar-refractivity contribution < 1.29 is 29.4 Å². The Hall–Kier alpha value is -2.98. The van der Waals surface area contributed by atoms with Crippen LogP contribution in [0.5, 0.6) is 0 Å². The summed E-state index contributed by atoms with van der Waals surface area (Å²) in [5.74, 6) is -4.91. The molecule has 0 fully saturated rings. The minimum atomic E-state index is -2.44. The zero-order valence-corrected chi connectivity index (χ0v) is 16.0. The van der Waals surface area contributed by atoms with E-state index in [2.05, 4.69) is 5.32 Å². The zero-order valence-electron chi connectivity index (χ0n) is 14.3. The van der Waals surface area contributed by atoms with Crippen molar-refractivity contribution in [3.63, 3.8) is 0 Å². The van der Waals surface area contributed by atoms with Crippen LogP contribution in [0, 0.1) is 0 Å². The number of benzene rings is 2. The molecule has 0 saturated carbocycles.